The molecule has 17 heteroatoms. The van der Waals surface area contributed by atoms with Crippen LogP contribution in [-0.2, 0) is 26.0 Å². The Hall–Kier alpha value is -7.21. The third-order valence-electron chi connectivity index (χ3n) is 19.2. The lowest BCUT2D eigenvalue weighted by Crippen LogP contribution is -2.55. The summed E-state index contributed by atoms with van der Waals surface area (Å²) in [5.74, 6) is 3.26. The maximum Gasteiger partial charge on any atom is 0.241 e. The molecule has 0 spiro atoms. The molecule has 2 amide bonds. The molecule has 6 heterocycles. The topological polar surface area (TPSA) is 187 Å². The smallest absolute Gasteiger partial charge is 0.241 e. The highest BCUT2D eigenvalue weighted by atomic mass is 32.2. The minimum atomic E-state index is -3.89. The maximum atomic E-state index is 13.9. The minimum absolute atomic E-state index is 0.121. The molecule has 0 unspecified atom stereocenters. The van der Waals surface area contributed by atoms with Crippen molar-refractivity contribution >= 4 is 38.3 Å². The molecule has 4 aliphatic heterocycles. The van der Waals surface area contributed by atoms with Crippen molar-refractivity contribution in [3.05, 3.63) is 136 Å². The van der Waals surface area contributed by atoms with Crippen molar-refractivity contribution in [2.45, 2.75) is 156 Å². The summed E-state index contributed by atoms with van der Waals surface area (Å²) >= 11 is 0. The van der Waals surface area contributed by atoms with Crippen molar-refractivity contribution < 1.29 is 32.2 Å². The van der Waals surface area contributed by atoms with Gasteiger partial charge < -0.3 is 34.2 Å². The van der Waals surface area contributed by atoms with E-state index in [1.807, 2.05) is 90.0 Å². The highest BCUT2D eigenvalue weighted by Gasteiger charge is 2.44. The van der Waals surface area contributed by atoms with Crippen molar-refractivity contribution in [2.75, 3.05) is 72.0 Å². The fourth-order valence-electron chi connectivity index (χ4n) is 14.3. The number of hydrogen-bond donors (Lipinski definition) is 4. The van der Waals surface area contributed by atoms with E-state index in [4.69, 9.17) is 14.2 Å². The zero-order chi connectivity index (χ0) is 64.2. The molecule has 4 bridgehead atoms. The van der Waals surface area contributed by atoms with Crippen LogP contribution in [0.5, 0.6) is 17.5 Å². The first-order valence-corrected chi connectivity index (χ1v) is 34.1. The summed E-state index contributed by atoms with van der Waals surface area (Å²) in [5, 5.41) is 20.9. The van der Waals surface area contributed by atoms with Gasteiger partial charge in [-0.1, -0.05) is 84.6 Å². The summed E-state index contributed by atoms with van der Waals surface area (Å²) in [6, 6.07) is 32.9. The average Bonchev–Trinajstić information content (AvgIpc) is 0.880. The number of aromatic amines is 2. The number of anilines is 1. The van der Waals surface area contributed by atoms with E-state index in [-0.39, 0.29) is 41.7 Å². The number of benzene rings is 5. The Labute approximate surface area is 534 Å². The molecular weight excluding hydrogens is 1150 g/mol. The molecule has 6 fully saturated rings. The van der Waals surface area contributed by atoms with E-state index in [2.05, 4.69) is 123 Å². The third kappa shape index (κ3) is 14.9. The largest absolute Gasteiger partial charge is 0.497 e. The first-order valence-electron chi connectivity index (χ1n) is 32.6. The van der Waals surface area contributed by atoms with Crippen LogP contribution in [0.25, 0.3) is 33.3 Å². The van der Waals surface area contributed by atoms with Crippen LogP contribution >= 0.6 is 0 Å². The predicted molar refractivity (Wildman–Crippen MR) is 360 cm³/mol. The molecule has 4 N–H and O–H groups in total. The van der Waals surface area contributed by atoms with Gasteiger partial charge in [0.05, 0.1) is 34.2 Å². The van der Waals surface area contributed by atoms with Gasteiger partial charge in [0.25, 0.3) is 0 Å². The van der Waals surface area contributed by atoms with Gasteiger partial charge in [-0.05, 0) is 191 Å². The summed E-state index contributed by atoms with van der Waals surface area (Å²) in [6.45, 7) is 24.4. The normalized spacial score (nSPS) is 18.9. The molecule has 16 nitrogen and oxygen atoms in total. The van der Waals surface area contributed by atoms with E-state index in [1.165, 1.54) is 42.4 Å². The lowest BCUT2D eigenvalue weighted by atomic mass is 9.78. The van der Waals surface area contributed by atoms with Crippen molar-refractivity contribution in [1.82, 2.24) is 40.2 Å². The van der Waals surface area contributed by atoms with Gasteiger partial charge in [0.2, 0.25) is 33.6 Å². The number of ether oxygens (including phenoxy) is 3. The molecule has 13 rings (SSSR count). The van der Waals surface area contributed by atoms with Gasteiger partial charge in [-0.15, -0.1) is 10.2 Å². The fraction of sp³-hybridized carbons (Fsp3) is 0.507. The molecule has 90 heavy (non-hydrogen) atoms. The van der Waals surface area contributed by atoms with Gasteiger partial charge >= 0.3 is 0 Å². The van der Waals surface area contributed by atoms with Crippen LogP contribution in [0, 0.1) is 50.4 Å². The predicted octanol–water partition coefficient (Wildman–Crippen LogP) is 13.2. The molecule has 5 aromatic carbocycles. The number of sulfonamides is 1. The van der Waals surface area contributed by atoms with Crippen LogP contribution in [-0.4, -0.2) is 130 Å². The second-order valence-electron chi connectivity index (χ2n) is 28.0. The molecular formula is C73H97N9O7S. The van der Waals surface area contributed by atoms with E-state index in [9.17, 15) is 18.0 Å². The van der Waals surface area contributed by atoms with Crippen LogP contribution in [0.15, 0.2) is 102 Å². The molecule has 4 saturated heterocycles. The number of carbonyl (C=O) groups is 2. The molecule has 2 atom stereocenters. The Balaban J connectivity index is 0.000000200. The number of nitrogens with zero attached hydrogens (tertiary/aromatic N) is 5. The summed E-state index contributed by atoms with van der Waals surface area (Å²) in [6.07, 6.45) is 10.3. The Morgan fingerprint density at radius 3 is 1.57 bits per heavy atom. The van der Waals surface area contributed by atoms with Crippen LogP contribution in [0.1, 0.15) is 144 Å². The number of carbonyl (C=O) groups excluding carboxylic acids is 2. The number of piperidine rings is 4. The van der Waals surface area contributed by atoms with Crippen LogP contribution in [0.2, 0.25) is 0 Å². The van der Waals surface area contributed by atoms with E-state index in [0.717, 1.165) is 120 Å². The quantitative estimate of drug-likeness (QED) is 0.0447. The Kier molecular flexibility index (Phi) is 20.2. The van der Waals surface area contributed by atoms with Crippen LogP contribution < -0.4 is 29.1 Å². The minimum Gasteiger partial charge on any atom is -0.497 e. The summed E-state index contributed by atoms with van der Waals surface area (Å²) in [7, 11) is 1.63. The van der Waals surface area contributed by atoms with Crippen LogP contribution in [0.4, 0.5) is 5.69 Å². The second kappa shape index (κ2) is 27.7. The third-order valence-corrected chi connectivity index (χ3v) is 20.6. The fourth-order valence-corrected chi connectivity index (χ4v) is 15.7. The highest BCUT2D eigenvalue weighted by molar-refractivity contribution is 7.89. The summed E-state index contributed by atoms with van der Waals surface area (Å²) in [5.41, 5.74) is 11.0. The van der Waals surface area contributed by atoms with Crippen molar-refractivity contribution in [1.29, 1.82) is 0 Å². The lowest BCUT2D eigenvalue weighted by molar-refractivity contribution is -0.150. The molecule has 7 aromatic rings. The van der Waals surface area contributed by atoms with Gasteiger partial charge in [0, 0.05) is 97.5 Å². The molecule has 2 aliphatic carbocycles. The SMILES string of the molecule is COc1cccc(CCNC[C@@H](C)c2c(OCC(C)(C)C(=O)N3CC4CCC3CC4)n[nH]c2-c2cc(C)cc(C)c2)c1.Cc1cc(C)cc(-c2[nH]nc(OCC(C)(C)C(=O)N3CC4CCC3CC4)c2[C@H](C)CNS(=O)(=O)c2cccc3cccc(N(C)C)c23)c1. The van der Waals surface area contributed by atoms with Crippen molar-refractivity contribution in [2.24, 2.45) is 22.7 Å². The number of methoxy groups -OCH3 is 1. The molecule has 482 valence electrons. The number of nitrogens with one attached hydrogen (secondary N) is 4. The first kappa shape index (κ1) is 65.7. The Morgan fingerprint density at radius 2 is 1.11 bits per heavy atom. The highest BCUT2D eigenvalue weighted by Crippen LogP contribution is 2.42. The van der Waals surface area contributed by atoms with E-state index in [1.54, 1.807) is 19.2 Å². The second-order valence-corrected chi connectivity index (χ2v) is 29.7. The van der Waals surface area contributed by atoms with Gasteiger partial charge in [-0.25, -0.2) is 13.1 Å². The lowest BCUT2D eigenvalue weighted by Gasteiger charge is -2.47. The number of H-pyrrole nitrogens is 2. The van der Waals surface area contributed by atoms with Crippen molar-refractivity contribution in [3.8, 4) is 40.0 Å². The number of amides is 2. The summed E-state index contributed by atoms with van der Waals surface area (Å²) in [4.78, 5) is 33.9. The Morgan fingerprint density at radius 1 is 0.644 bits per heavy atom. The van der Waals surface area contributed by atoms with Gasteiger partial charge in [0.1, 0.15) is 19.0 Å². The van der Waals surface area contributed by atoms with Crippen LogP contribution in [0.3, 0.4) is 0 Å². The first-order chi connectivity index (χ1) is 42.9. The molecule has 6 aliphatic rings. The Bertz CT molecular complexity index is 3730. The number of aryl methyl sites for hydroxylation is 4. The molecule has 2 saturated carbocycles. The number of hydrogen-bond acceptors (Lipinski definition) is 11. The average molecular weight is 1240 g/mol. The monoisotopic (exact) mass is 1240 g/mol. The van der Waals surface area contributed by atoms with E-state index in [0.29, 0.717) is 47.7 Å². The zero-order valence-electron chi connectivity index (χ0n) is 55.5. The van der Waals surface area contributed by atoms with E-state index < -0.39 is 20.9 Å². The van der Waals surface area contributed by atoms with Gasteiger partial charge in [-0.2, -0.15) is 0 Å². The van der Waals surface area contributed by atoms with Crippen molar-refractivity contribution in [3.63, 3.8) is 0 Å². The standard InChI is InChI=1S/C38H49N5O4S.C35H48N4O3/c1-24-18-25(2)20-29(19-24)35-33(36(41-40-35)47-23-38(4,5)37(44)43-22-27-14-16-30(43)17-15-27)26(3)21-39-48(45,46)32-13-9-11-28-10-8-12-31(34(28)32)42(6)7;1-23-16-24(2)18-28(17-23)32-31(25(3)20-36-15-14-26-8-7-9-30(19-26)41-6)33(38-37-32)42-22-35(4,5)34(40)39-21-27-10-12-29(39)13-11-27/h8-13,18-20,26-27,30,39H,14-17,21-23H2,1-7H3,(H,40,41);7-9,16-19,25,27,29,36H,10-15,20-22H2,1-6H3,(H,37,38)/t26-,27?,30?;25-,27?,29?/m11/s1. The maximum absolute atomic E-state index is 13.9. The molecule has 2 aromatic heterocycles. The summed E-state index contributed by atoms with van der Waals surface area (Å²) < 4.78 is 49.0. The number of aromatic nitrogens is 4. The molecule has 0 radical (unpaired) electrons. The van der Waals surface area contributed by atoms with E-state index >= 15 is 0 Å². The zero-order valence-corrected chi connectivity index (χ0v) is 56.3. The number of fused-ring (bicyclic) bond motifs is 7. The van der Waals surface area contributed by atoms with Gasteiger partial charge in [0.15, 0.2) is 0 Å². The number of rotatable bonds is 23. The van der Waals surface area contributed by atoms with Gasteiger partial charge in [-0.3, -0.25) is 19.8 Å².